The SMILES string of the molecule is CCN(CC)C(=O)c1ccc(-c2cnc(N3CCCC4(CCN(C5CCC(O)CC5)C4=O)C3)c(Cl)c2)cn1. The van der Waals surface area contributed by atoms with E-state index < -0.39 is 0 Å². The van der Waals surface area contributed by atoms with Crippen LogP contribution in [0.3, 0.4) is 0 Å². The lowest BCUT2D eigenvalue weighted by Crippen LogP contribution is -2.50. The van der Waals surface area contributed by atoms with Crippen molar-refractivity contribution < 1.29 is 14.7 Å². The zero-order valence-electron chi connectivity index (χ0n) is 22.4. The molecule has 2 aromatic rings. The second-order valence-corrected chi connectivity index (χ2v) is 11.4. The minimum Gasteiger partial charge on any atom is -0.393 e. The Balaban J connectivity index is 1.29. The Hall–Kier alpha value is -2.71. The number of pyridine rings is 2. The van der Waals surface area contributed by atoms with Crippen molar-refractivity contribution >= 4 is 29.2 Å². The number of hydrogen-bond donors (Lipinski definition) is 1. The molecule has 1 unspecified atom stereocenters. The van der Waals surface area contributed by atoms with Crippen LogP contribution in [0.2, 0.25) is 5.02 Å². The van der Waals surface area contributed by atoms with Gasteiger partial charge in [-0.2, -0.15) is 0 Å². The first kappa shape index (κ1) is 26.9. The molecule has 2 saturated heterocycles. The number of piperidine rings is 1. The summed E-state index contributed by atoms with van der Waals surface area (Å²) in [7, 11) is 0. The Kier molecular flexibility index (Phi) is 7.91. The Morgan fingerprint density at radius 2 is 1.82 bits per heavy atom. The van der Waals surface area contributed by atoms with E-state index in [4.69, 9.17) is 16.6 Å². The van der Waals surface area contributed by atoms with Gasteiger partial charge in [0.1, 0.15) is 11.5 Å². The van der Waals surface area contributed by atoms with Crippen molar-refractivity contribution in [3.63, 3.8) is 0 Å². The number of rotatable bonds is 6. The summed E-state index contributed by atoms with van der Waals surface area (Å²) in [5.41, 5.74) is 1.72. The Labute approximate surface area is 230 Å². The van der Waals surface area contributed by atoms with E-state index in [2.05, 4.69) is 14.8 Å². The summed E-state index contributed by atoms with van der Waals surface area (Å²) in [6.45, 7) is 7.45. The highest BCUT2D eigenvalue weighted by Crippen LogP contribution is 2.44. The van der Waals surface area contributed by atoms with E-state index in [1.54, 1.807) is 23.4 Å². The van der Waals surface area contributed by atoms with Gasteiger partial charge in [0, 0.05) is 62.3 Å². The number of anilines is 1. The zero-order chi connectivity index (χ0) is 26.9. The quantitative estimate of drug-likeness (QED) is 0.585. The van der Waals surface area contributed by atoms with Gasteiger partial charge in [-0.25, -0.2) is 4.98 Å². The lowest BCUT2D eigenvalue weighted by Gasteiger charge is -2.41. The van der Waals surface area contributed by atoms with Crippen LogP contribution < -0.4 is 4.90 Å². The van der Waals surface area contributed by atoms with Crippen molar-refractivity contribution in [3.8, 4) is 11.1 Å². The highest BCUT2D eigenvalue weighted by Gasteiger charge is 2.51. The van der Waals surface area contributed by atoms with Gasteiger partial charge in [-0.15, -0.1) is 0 Å². The van der Waals surface area contributed by atoms with Crippen LogP contribution in [0.1, 0.15) is 69.3 Å². The number of aliphatic hydroxyl groups is 1. The summed E-state index contributed by atoms with van der Waals surface area (Å²) in [4.78, 5) is 41.4. The smallest absolute Gasteiger partial charge is 0.272 e. The standard InChI is InChI=1S/C29H38ClN5O3/c1-3-33(4-2)27(37)25-11-6-20(17-31-25)21-16-24(30)26(32-18-21)34-14-5-12-29(19-34)13-15-35(28(29)38)22-7-9-23(36)10-8-22/h6,11,16-18,22-23,36H,3-5,7-10,12-15,19H2,1-2H3. The maximum atomic E-state index is 13.7. The van der Waals surface area contributed by atoms with Crippen molar-refractivity contribution in [2.75, 3.05) is 37.6 Å². The molecule has 0 bridgehead atoms. The normalized spacial score (nSPS) is 25.7. The molecule has 9 heteroatoms. The molecule has 2 amide bonds. The molecule has 1 saturated carbocycles. The highest BCUT2D eigenvalue weighted by atomic mass is 35.5. The third-order valence-corrected chi connectivity index (χ3v) is 9.00. The van der Waals surface area contributed by atoms with Gasteiger partial charge < -0.3 is 19.8 Å². The van der Waals surface area contributed by atoms with Crippen molar-refractivity contribution in [1.82, 2.24) is 19.8 Å². The molecular weight excluding hydrogens is 502 g/mol. The van der Waals surface area contributed by atoms with E-state index >= 15 is 0 Å². The first-order chi connectivity index (χ1) is 18.3. The Morgan fingerprint density at radius 1 is 1.08 bits per heavy atom. The molecule has 0 radical (unpaired) electrons. The number of likely N-dealkylation sites (tertiary alicyclic amines) is 1. The topological polar surface area (TPSA) is 89.9 Å². The molecule has 2 aliphatic heterocycles. The molecule has 5 rings (SSSR count). The molecule has 4 heterocycles. The van der Waals surface area contributed by atoms with Gasteiger partial charge in [0.05, 0.1) is 16.5 Å². The number of aromatic nitrogens is 2. The van der Waals surface area contributed by atoms with Gasteiger partial charge in [0.25, 0.3) is 5.91 Å². The maximum Gasteiger partial charge on any atom is 0.272 e. The number of carbonyl (C=O) groups is 2. The third-order valence-electron chi connectivity index (χ3n) is 8.72. The van der Waals surface area contributed by atoms with Crippen LogP contribution in [0.5, 0.6) is 0 Å². The minimum absolute atomic E-state index is 0.0758. The van der Waals surface area contributed by atoms with Gasteiger partial charge in [0.2, 0.25) is 5.91 Å². The van der Waals surface area contributed by atoms with Crippen LogP contribution in [-0.2, 0) is 4.79 Å². The molecule has 38 heavy (non-hydrogen) atoms. The number of aliphatic hydroxyl groups excluding tert-OH is 1. The van der Waals surface area contributed by atoms with Gasteiger partial charge in [-0.3, -0.25) is 14.6 Å². The summed E-state index contributed by atoms with van der Waals surface area (Å²) < 4.78 is 0. The average molecular weight is 540 g/mol. The molecule has 1 aliphatic carbocycles. The van der Waals surface area contributed by atoms with E-state index in [-0.39, 0.29) is 29.4 Å². The molecule has 0 aromatic carbocycles. The van der Waals surface area contributed by atoms with E-state index in [1.807, 2.05) is 26.0 Å². The monoisotopic (exact) mass is 539 g/mol. The van der Waals surface area contributed by atoms with Crippen LogP contribution in [0.25, 0.3) is 11.1 Å². The van der Waals surface area contributed by atoms with Crippen molar-refractivity contribution in [1.29, 1.82) is 0 Å². The molecule has 3 aliphatic rings. The maximum absolute atomic E-state index is 13.7. The summed E-state index contributed by atoms with van der Waals surface area (Å²) in [5.74, 6) is 0.901. The fourth-order valence-corrected chi connectivity index (χ4v) is 6.73. The molecule has 1 spiro atoms. The highest BCUT2D eigenvalue weighted by molar-refractivity contribution is 6.33. The lowest BCUT2D eigenvalue weighted by molar-refractivity contribution is -0.139. The fourth-order valence-electron chi connectivity index (χ4n) is 6.44. The second kappa shape index (κ2) is 11.2. The van der Waals surface area contributed by atoms with Gasteiger partial charge in [0.15, 0.2) is 0 Å². The summed E-state index contributed by atoms with van der Waals surface area (Å²) in [5, 5.41) is 10.4. The van der Waals surface area contributed by atoms with E-state index in [1.165, 1.54) is 0 Å². The molecule has 3 fully saturated rings. The largest absolute Gasteiger partial charge is 0.393 e. The first-order valence-corrected chi connectivity index (χ1v) is 14.4. The Morgan fingerprint density at radius 3 is 2.47 bits per heavy atom. The predicted molar refractivity (Wildman–Crippen MR) is 148 cm³/mol. The first-order valence-electron chi connectivity index (χ1n) is 14.0. The molecule has 1 atom stereocenters. The Bertz CT molecular complexity index is 1160. The van der Waals surface area contributed by atoms with Crippen LogP contribution in [0.4, 0.5) is 5.82 Å². The number of nitrogens with zero attached hydrogens (tertiary/aromatic N) is 5. The number of hydrogen-bond acceptors (Lipinski definition) is 6. The molecule has 2 aromatic heterocycles. The van der Waals surface area contributed by atoms with Crippen molar-refractivity contribution in [3.05, 3.63) is 41.3 Å². The van der Waals surface area contributed by atoms with Crippen LogP contribution in [-0.4, -0.2) is 81.6 Å². The molecule has 8 nitrogen and oxygen atoms in total. The van der Waals surface area contributed by atoms with Gasteiger partial charge in [-0.1, -0.05) is 17.7 Å². The van der Waals surface area contributed by atoms with E-state index in [0.717, 1.165) is 69.2 Å². The van der Waals surface area contributed by atoms with Crippen molar-refractivity contribution in [2.45, 2.75) is 70.9 Å². The van der Waals surface area contributed by atoms with Gasteiger partial charge in [-0.05, 0) is 70.9 Å². The zero-order valence-corrected chi connectivity index (χ0v) is 23.2. The van der Waals surface area contributed by atoms with Crippen LogP contribution >= 0.6 is 11.6 Å². The molecule has 1 N–H and O–H groups in total. The summed E-state index contributed by atoms with van der Waals surface area (Å²) in [6.07, 6.45) is 9.29. The number of carbonyl (C=O) groups excluding carboxylic acids is 2. The minimum atomic E-state index is -0.380. The van der Waals surface area contributed by atoms with Crippen LogP contribution in [0.15, 0.2) is 30.6 Å². The fraction of sp³-hybridized carbons (Fsp3) is 0.586. The number of halogens is 1. The number of amides is 2. The van der Waals surface area contributed by atoms with E-state index in [0.29, 0.717) is 36.2 Å². The van der Waals surface area contributed by atoms with Gasteiger partial charge >= 0.3 is 0 Å². The molecular formula is C29H38ClN5O3. The third kappa shape index (κ3) is 5.13. The van der Waals surface area contributed by atoms with Crippen LogP contribution in [0, 0.1) is 5.41 Å². The summed E-state index contributed by atoms with van der Waals surface area (Å²) in [6, 6.07) is 5.77. The predicted octanol–water partition coefficient (Wildman–Crippen LogP) is 4.40. The van der Waals surface area contributed by atoms with E-state index in [9.17, 15) is 14.7 Å². The second-order valence-electron chi connectivity index (χ2n) is 11.0. The average Bonchev–Trinajstić information content (AvgIpc) is 3.24. The molecule has 204 valence electrons. The summed E-state index contributed by atoms with van der Waals surface area (Å²) >= 11 is 6.76. The van der Waals surface area contributed by atoms with Crippen molar-refractivity contribution in [2.24, 2.45) is 5.41 Å². The lowest BCUT2D eigenvalue weighted by atomic mass is 9.78.